The van der Waals surface area contributed by atoms with E-state index < -0.39 is 5.97 Å². The summed E-state index contributed by atoms with van der Waals surface area (Å²) in [7, 11) is 2.95. The van der Waals surface area contributed by atoms with E-state index in [0.717, 1.165) is 19.5 Å². The molecule has 9 nitrogen and oxygen atoms in total. The van der Waals surface area contributed by atoms with Crippen LogP contribution in [0.25, 0.3) is 0 Å². The van der Waals surface area contributed by atoms with Crippen LogP contribution in [0, 0.1) is 0 Å². The maximum Gasteiger partial charge on any atom is 0.350 e. The van der Waals surface area contributed by atoms with Crippen molar-refractivity contribution in [3.63, 3.8) is 0 Å². The first-order chi connectivity index (χ1) is 13.5. The van der Waals surface area contributed by atoms with Crippen molar-refractivity contribution in [2.45, 2.75) is 6.42 Å². The molecule has 28 heavy (non-hydrogen) atoms. The van der Waals surface area contributed by atoms with E-state index >= 15 is 0 Å². The molecule has 0 bridgehead atoms. The molecule has 1 aromatic rings. The van der Waals surface area contributed by atoms with Crippen LogP contribution in [0.3, 0.4) is 0 Å². The predicted octanol–water partition coefficient (Wildman–Crippen LogP) is 0.244. The molecule has 0 spiro atoms. The molecule has 0 radical (unpaired) electrons. The van der Waals surface area contributed by atoms with E-state index in [1.54, 1.807) is 18.6 Å². The maximum atomic E-state index is 12.3. The van der Waals surface area contributed by atoms with Gasteiger partial charge in [0.1, 0.15) is 4.88 Å². The lowest BCUT2D eigenvalue weighted by atomic mass is 10.3. The molecule has 0 aromatic carbocycles. The summed E-state index contributed by atoms with van der Waals surface area (Å²) in [6.45, 7) is 4.72. The molecule has 0 saturated carbocycles. The molecule has 2 heterocycles. The number of carbonyl (C=O) groups excluding carboxylic acids is 3. The molecular weight excluding hydrogens is 384 g/mol. The first kappa shape index (κ1) is 22.3. The second kappa shape index (κ2) is 11.7. The standard InChI is InChI=1S/C18H28N4O5S/c1-26-10-3-5-19-15(23)12-21-6-8-22(9-7-21)13-16(24)20-14-4-11-28-17(14)18(25)27-2/h4,11H,3,5-10,12-13H2,1-2H3,(H,19,23)(H,20,24). The highest BCUT2D eigenvalue weighted by atomic mass is 32.1. The lowest BCUT2D eigenvalue weighted by Gasteiger charge is -2.33. The Hall–Kier alpha value is -2.01. The molecule has 1 aliphatic rings. The van der Waals surface area contributed by atoms with Gasteiger partial charge in [-0.1, -0.05) is 0 Å². The molecule has 156 valence electrons. The third-order valence-electron chi connectivity index (χ3n) is 4.36. The number of ether oxygens (including phenoxy) is 2. The van der Waals surface area contributed by atoms with Crippen LogP contribution in [0.1, 0.15) is 16.1 Å². The van der Waals surface area contributed by atoms with Gasteiger partial charge in [0.05, 0.1) is 25.9 Å². The minimum absolute atomic E-state index is 0.00935. The van der Waals surface area contributed by atoms with E-state index in [-0.39, 0.29) is 18.4 Å². The fourth-order valence-electron chi connectivity index (χ4n) is 2.86. The Kier molecular flexibility index (Phi) is 9.35. The van der Waals surface area contributed by atoms with E-state index in [1.165, 1.54) is 18.4 Å². The first-order valence-electron chi connectivity index (χ1n) is 9.19. The lowest BCUT2D eigenvalue weighted by molar-refractivity contribution is -0.123. The number of nitrogens with zero attached hydrogens (tertiary/aromatic N) is 2. The van der Waals surface area contributed by atoms with Crippen LogP contribution >= 0.6 is 11.3 Å². The summed E-state index contributed by atoms with van der Waals surface area (Å²) in [6, 6.07) is 1.69. The summed E-state index contributed by atoms with van der Waals surface area (Å²) in [6.07, 6.45) is 0.799. The number of anilines is 1. The molecule has 1 aromatic heterocycles. The van der Waals surface area contributed by atoms with Crippen LogP contribution < -0.4 is 10.6 Å². The Balaban J connectivity index is 1.68. The maximum absolute atomic E-state index is 12.3. The summed E-state index contributed by atoms with van der Waals surface area (Å²) < 4.78 is 9.66. The Morgan fingerprint density at radius 3 is 2.32 bits per heavy atom. The molecule has 2 N–H and O–H groups in total. The van der Waals surface area contributed by atoms with Crippen molar-refractivity contribution in [3.8, 4) is 0 Å². The van der Waals surface area contributed by atoms with Crippen molar-refractivity contribution in [2.24, 2.45) is 0 Å². The molecule has 1 saturated heterocycles. The summed E-state index contributed by atoms with van der Waals surface area (Å²) in [5.74, 6) is -0.623. The largest absolute Gasteiger partial charge is 0.465 e. The Morgan fingerprint density at radius 2 is 1.71 bits per heavy atom. The van der Waals surface area contributed by atoms with Crippen molar-refractivity contribution < 1.29 is 23.9 Å². The smallest absolute Gasteiger partial charge is 0.350 e. The van der Waals surface area contributed by atoms with Gasteiger partial charge in [0.2, 0.25) is 11.8 Å². The Labute approximate surface area is 169 Å². The van der Waals surface area contributed by atoms with Crippen molar-refractivity contribution in [1.29, 1.82) is 0 Å². The fraction of sp³-hybridized carbons (Fsp3) is 0.611. The van der Waals surface area contributed by atoms with Crippen molar-refractivity contribution in [3.05, 3.63) is 16.3 Å². The van der Waals surface area contributed by atoms with Crippen molar-refractivity contribution in [1.82, 2.24) is 15.1 Å². The number of thiophene rings is 1. The normalized spacial score (nSPS) is 15.2. The number of hydrogen-bond donors (Lipinski definition) is 2. The molecule has 0 aliphatic carbocycles. The van der Waals surface area contributed by atoms with Gasteiger partial charge >= 0.3 is 5.97 Å². The number of nitrogens with one attached hydrogen (secondary N) is 2. The van der Waals surface area contributed by atoms with Gasteiger partial charge < -0.3 is 20.1 Å². The fourth-order valence-corrected chi connectivity index (χ4v) is 3.63. The molecule has 2 amide bonds. The molecule has 1 aliphatic heterocycles. The number of rotatable bonds is 10. The summed E-state index contributed by atoms with van der Waals surface area (Å²) in [5.41, 5.74) is 0.477. The number of carbonyl (C=O) groups is 3. The van der Waals surface area contributed by atoms with E-state index in [4.69, 9.17) is 9.47 Å². The second-order valence-electron chi connectivity index (χ2n) is 6.45. The average Bonchev–Trinajstić information content (AvgIpc) is 3.14. The van der Waals surface area contributed by atoms with Gasteiger partial charge in [0.15, 0.2) is 0 Å². The van der Waals surface area contributed by atoms with Gasteiger partial charge in [-0.05, 0) is 17.9 Å². The highest BCUT2D eigenvalue weighted by Crippen LogP contribution is 2.23. The van der Waals surface area contributed by atoms with E-state index in [1.807, 2.05) is 4.90 Å². The van der Waals surface area contributed by atoms with Crippen molar-refractivity contribution >= 4 is 34.8 Å². The Bertz CT molecular complexity index is 658. The van der Waals surface area contributed by atoms with Crippen molar-refractivity contribution in [2.75, 3.05) is 72.0 Å². The van der Waals surface area contributed by atoms with Crippen LogP contribution in [0.4, 0.5) is 5.69 Å². The van der Waals surface area contributed by atoms with Crippen LogP contribution in [0.2, 0.25) is 0 Å². The molecule has 1 fully saturated rings. The molecule has 2 rings (SSSR count). The first-order valence-corrected chi connectivity index (χ1v) is 10.1. The minimum Gasteiger partial charge on any atom is -0.465 e. The minimum atomic E-state index is -0.459. The Morgan fingerprint density at radius 1 is 1.07 bits per heavy atom. The number of methoxy groups -OCH3 is 2. The van der Waals surface area contributed by atoms with Gasteiger partial charge in [-0.25, -0.2) is 4.79 Å². The zero-order valence-corrected chi connectivity index (χ0v) is 17.2. The molecule has 0 atom stereocenters. The summed E-state index contributed by atoms with van der Waals surface area (Å²) >= 11 is 1.23. The third kappa shape index (κ3) is 7.19. The number of amides is 2. The van der Waals surface area contributed by atoms with Gasteiger partial charge in [-0.15, -0.1) is 11.3 Å². The highest BCUT2D eigenvalue weighted by molar-refractivity contribution is 7.12. The topological polar surface area (TPSA) is 100 Å². The number of hydrogen-bond acceptors (Lipinski definition) is 8. The van der Waals surface area contributed by atoms with E-state index in [2.05, 4.69) is 15.5 Å². The van der Waals surface area contributed by atoms with Crippen LogP contribution in [-0.2, 0) is 19.1 Å². The number of esters is 1. The zero-order chi connectivity index (χ0) is 20.4. The van der Waals surface area contributed by atoms with Crippen LogP contribution in [0.5, 0.6) is 0 Å². The monoisotopic (exact) mass is 412 g/mol. The zero-order valence-electron chi connectivity index (χ0n) is 16.4. The molecular formula is C18H28N4O5S. The molecule has 10 heteroatoms. The average molecular weight is 413 g/mol. The quantitative estimate of drug-likeness (QED) is 0.420. The van der Waals surface area contributed by atoms with Gasteiger partial charge in [-0.2, -0.15) is 0 Å². The predicted molar refractivity (Wildman–Crippen MR) is 107 cm³/mol. The second-order valence-corrected chi connectivity index (χ2v) is 7.37. The lowest BCUT2D eigenvalue weighted by Crippen LogP contribution is -2.51. The third-order valence-corrected chi connectivity index (χ3v) is 5.25. The summed E-state index contributed by atoms with van der Waals surface area (Å²) in [4.78, 5) is 40.4. The number of piperazine rings is 1. The van der Waals surface area contributed by atoms with Gasteiger partial charge in [0.25, 0.3) is 0 Å². The van der Waals surface area contributed by atoms with E-state index in [0.29, 0.717) is 43.4 Å². The van der Waals surface area contributed by atoms with E-state index in [9.17, 15) is 14.4 Å². The summed E-state index contributed by atoms with van der Waals surface area (Å²) in [5, 5.41) is 7.39. The van der Waals surface area contributed by atoms with Crippen LogP contribution in [0.15, 0.2) is 11.4 Å². The highest BCUT2D eigenvalue weighted by Gasteiger charge is 2.21. The molecule has 0 unspecified atom stereocenters. The van der Waals surface area contributed by atoms with Gasteiger partial charge in [-0.3, -0.25) is 19.4 Å². The SMILES string of the molecule is COCCCNC(=O)CN1CCN(CC(=O)Nc2ccsc2C(=O)OC)CC1. The van der Waals surface area contributed by atoms with Crippen LogP contribution in [-0.4, -0.2) is 94.2 Å². The van der Waals surface area contributed by atoms with Gasteiger partial charge in [0, 0.05) is 46.4 Å².